The molecule has 3 aromatic rings. The van der Waals surface area contributed by atoms with Gasteiger partial charge in [-0.3, -0.25) is 4.79 Å². The summed E-state index contributed by atoms with van der Waals surface area (Å²) in [6.45, 7) is 1.69. The van der Waals surface area contributed by atoms with Crippen molar-refractivity contribution in [3.05, 3.63) is 65.6 Å². The van der Waals surface area contributed by atoms with E-state index < -0.39 is 12.0 Å². The molecule has 0 bridgehead atoms. The fourth-order valence-corrected chi connectivity index (χ4v) is 3.64. The summed E-state index contributed by atoms with van der Waals surface area (Å²) in [4.78, 5) is 16.8. The van der Waals surface area contributed by atoms with Crippen molar-refractivity contribution in [2.45, 2.75) is 19.4 Å². The van der Waals surface area contributed by atoms with Crippen LogP contribution in [0.4, 0.5) is 15.2 Å². The Hall–Kier alpha value is -2.77. The van der Waals surface area contributed by atoms with E-state index in [4.69, 9.17) is 5.73 Å². The Morgan fingerprint density at radius 3 is 2.77 bits per heavy atom. The average Bonchev–Trinajstić information content (AvgIpc) is 2.99. The number of carbonyl (C=O) groups excluding carboxylic acids is 1. The van der Waals surface area contributed by atoms with Gasteiger partial charge in [-0.1, -0.05) is 24.3 Å². The summed E-state index contributed by atoms with van der Waals surface area (Å²) in [5.74, 6) is -0.451. The van der Waals surface area contributed by atoms with Crippen molar-refractivity contribution in [3.8, 4) is 10.4 Å². The number of rotatable bonds is 6. The second kappa shape index (κ2) is 7.63. The summed E-state index contributed by atoms with van der Waals surface area (Å²) in [6.07, 6.45) is -0.0864. The lowest BCUT2D eigenvalue weighted by atomic mass is 10.1. The minimum atomic E-state index is -0.605. The number of hydrogen-bond acceptors (Lipinski definition) is 5. The Balaban J connectivity index is 1.95. The first-order chi connectivity index (χ1) is 12.4. The van der Waals surface area contributed by atoms with Gasteiger partial charge in [0, 0.05) is 22.6 Å². The molecule has 0 spiro atoms. The van der Waals surface area contributed by atoms with E-state index in [9.17, 15) is 14.3 Å². The molecule has 2 aromatic heterocycles. The van der Waals surface area contributed by atoms with E-state index in [2.05, 4.69) is 10.3 Å². The number of nitrogens with two attached hydrogens (primary N) is 1. The van der Waals surface area contributed by atoms with Gasteiger partial charge in [-0.05, 0) is 31.2 Å². The molecule has 1 amide bonds. The summed E-state index contributed by atoms with van der Waals surface area (Å²) < 4.78 is 14.1. The predicted molar refractivity (Wildman–Crippen MR) is 101 cm³/mol. The Morgan fingerprint density at radius 2 is 2.08 bits per heavy atom. The SMILES string of the molecule is CC(O)Cc1cccc(Nc2sc(-c3ccccc3F)cc2C(N)=O)n1. The number of carbonyl (C=O) groups is 1. The highest BCUT2D eigenvalue weighted by Crippen LogP contribution is 2.37. The highest BCUT2D eigenvalue weighted by atomic mass is 32.1. The zero-order valence-corrected chi connectivity index (χ0v) is 14.9. The number of aliphatic hydroxyl groups is 1. The van der Waals surface area contributed by atoms with Gasteiger partial charge in [0.1, 0.15) is 16.6 Å². The largest absolute Gasteiger partial charge is 0.393 e. The summed E-state index contributed by atoms with van der Waals surface area (Å²) in [5.41, 5.74) is 6.87. The first-order valence-electron chi connectivity index (χ1n) is 8.03. The van der Waals surface area contributed by atoms with Gasteiger partial charge in [0.05, 0.1) is 11.7 Å². The first-order valence-corrected chi connectivity index (χ1v) is 8.85. The van der Waals surface area contributed by atoms with Gasteiger partial charge in [-0.25, -0.2) is 9.37 Å². The fraction of sp³-hybridized carbons (Fsp3) is 0.158. The van der Waals surface area contributed by atoms with Gasteiger partial charge in [0.25, 0.3) is 5.91 Å². The molecule has 0 fully saturated rings. The number of amides is 1. The van der Waals surface area contributed by atoms with Crippen LogP contribution in [-0.4, -0.2) is 22.1 Å². The van der Waals surface area contributed by atoms with E-state index in [1.165, 1.54) is 17.4 Å². The number of hydrogen-bond donors (Lipinski definition) is 3. The predicted octanol–water partition coefficient (Wildman–Crippen LogP) is 3.72. The summed E-state index contributed by atoms with van der Waals surface area (Å²) in [6, 6.07) is 13.3. The van der Waals surface area contributed by atoms with Crippen molar-refractivity contribution in [2.75, 3.05) is 5.32 Å². The quantitative estimate of drug-likeness (QED) is 0.616. The molecular formula is C19H18FN3O2S. The molecule has 0 aliphatic carbocycles. The zero-order chi connectivity index (χ0) is 18.7. The van der Waals surface area contributed by atoms with Crippen LogP contribution in [0.5, 0.6) is 0 Å². The third-order valence-electron chi connectivity index (χ3n) is 3.69. The number of benzene rings is 1. The number of nitrogens with one attached hydrogen (secondary N) is 1. The van der Waals surface area contributed by atoms with Crippen molar-refractivity contribution in [1.82, 2.24) is 4.98 Å². The number of aliphatic hydroxyl groups excluding tert-OH is 1. The second-order valence-corrected chi connectivity index (χ2v) is 6.94. The molecule has 2 heterocycles. The summed E-state index contributed by atoms with van der Waals surface area (Å²) in [7, 11) is 0. The van der Waals surface area contributed by atoms with E-state index in [-0.39, 0.29) is 11.4 Å². The van der Waals surface area contributed by atoms with Crippen LogP contribution in [0.2, 0.25) is 0 Å². The normalized spacial score (nSPS) is 12.0. The van der Waals surface area contributed by atoms with Crippen LogP contribution in [0, 0.1) is 5.82 Å². The monoisotopic (exact) mass is 371 g/mol. The molecule has 26 heavy (non-hydrogen) atoms. The molecule has 7 heteroatoms. The average molecular weight is 371 g/mol. The van der Waals surface area contributed by atoms with Gasteiger partial charge in [0.2, 0.25) is 0 Å². The van der Waals surface area contributed by atoms with Crippen LogP contribution >= 0.6 is 11.3 Å². The molecule has 0 saturated carbocycles. The van der Waals surface area contributed by atoms with E-state index in [1.807, 2.05) is 12.1 Å². The van der Waals surface area contributed by atoms with E-state index in [0.29, 0.717) is 27.7 Å². The number of nitrogens with zero attached hydrogens (tertiary/aromatic N) is 1. The number of thiophene rings is 1. The molecule has 0 saturated heterocycles. The van der Waals surface area contributed by atoms with Gasteiger partial charge in [-0.2, -0.15) is 0 Å². The van der Waals surface area contributed by atoms with Crippen LogP contribution < -0.4 is 11.1 Å². The van der Waals surface area contributed by atoms with E-state index in [1.54, 1.807) is 37.3 Å². The van der Waals surface area contributed by atoms with Crippen LogP contribution in [0.15, 0.2) is 48.5 Å². The molecule has 0 aliphatic rings. The molecule has 5 nitrogen and oxygen atoms in total. The minimum absolute atomic E-state index is 0.274. The Morgan fingerprint density at radius 1 is 1.31 bits per heavy atom. The van der Waals surface area contributed by atoms with Crippen molar-refractivity contribution < 1.29 is 14.3 Å². The number of anilines is 2. The van der Waals surface area contributed by atoms with Crippen molar-refractivity contribution in [3.63, 3.8) is 0 Å². The number of primary amides is 1. The molecule has 1 unspecified atom stereocenters. The molecular weight excluding hydrogens is 353 g/mol. The Kier molecular flexibility index (Phi) is 5.29. The zero-order valence-electron chi connectivity index (χ0n) is 14.1. The molecule has 0 aliphatic heterocycles. The first kappa shape index (κ1) is 18.0. The molecule has 134 valence electrons. The smallest absolute Gasteiger partial charge is 0.251 e. The van der Waals surface area contributed by atoms with Crippen LogP contribution in [0.3, 0.4) is 0 Å². The lowest BCUT2D eigenvalue weighted by Crippen LogP contribution is -2.12. The Bertz CT molecular complexity index is 940. The molecule has 0 radical (unpaired) electrons. The van der Waals surface area contributed by atoms with Gasteiger partial charge < -0.3 is 16.2 Å². The second-order valence-electron chi connectivity index (χ2n) is 5.89. The molecule has 4 N–H and O–H groups in total. The van der Waals surface area contributed by atoms with Gasteiger partial charge in [-0.15, -0.1) is 11.3 Å². The molecule has 1 atom stereocenters. The summed E-state index contributed by atoms with van der Waals surface area (Å²) >= 11 is 1.23. The van der Waals surface area contributed by atoms with Gasteiger partial charge in [0.15, 0.2) is 0 Å². The third kappa shape index (κ3) is 4.07. The van der Waals surface area contributed by atoms with Crippen molar-refractivity contribution >= 4 is 28.1 Å². The Labute approximate surface area is 154 Å². The highest BCUT2D eigenvalue weighted by molar-refractivity contribution is 7.19. The van der Waals surface area contributed by atoms with Crippen LogP contribution in [-0.2, 0) is 6.42 Å². The number of aromatic nitrogens is 1. The van der Waals surface area contributed by atoms with E-state index >= 15 is 0 Å². The number of halogens is 1. The topological polar surface area (TPSA) is 88.2 Å². The lowest BCUT2D eigenvalue weighted by molar-refractivity contribution is 0.100. The summed E-state index contributed by atoms with van der Waals surface area (Å²) in [5, 5.41) is 13.1. The minimum Gasteiger partial charge on any atom is -0.393 e. The van der Waals surface area contributed by atoms with Crippen molar-refractivity contribution in [1.29, 1.82) is 0 Å². The molecule has 3 rings (SSSR count). The maximum absolute atomic E-state index is 14.1. The number of pyridine rings is 1. The van der Waals surface area contributed by atoms with E-state index in [0.717, 1.165) is 5.69 Å². The van der Waals surface area contributed by atoms with Gasteiger partial charge >= 0.3 is 0 Å². The van der Waals surface area contributed by atoms with Crippen LogP contribution in [0.25, 0.3) is 10.4 Å². The maximum atomic E-state index is 14.1. The fourth-order valence-electron chi connectivity index (χ4n) is 2.54. The van der Waals surface area contributed by atoms with Crippen molar-refractivity contribution in [2.24, 2.45) is 5.73 Å². The van der Waals surface area contributed by atoms with Crippen LogP contribution in [0.1, 0.15) is 23.0 Å². The lowest BCUT2D eigenvalue weighted by Gasteiger charge is -2.08. The third-order valence-corrected chi connectivity index (χ3v) is 4.77. The highest BCUT2D eigenvalue weighted by Gasteiger charge is 2.17. The maximum Gasteiger partial charge on any atom is 0.251 e. The molecule has 1 aromatic carbocycles. The standard InChI is InChI=1S/C19H18FN3O2S/c1-11(24)9-12-5-4-8-17(22-12)23-19-14(18(21)25)10-16(26-19)13-6-2-3-7-15(13)20/h2-8,10-11,24H,9H2,1H3,(H2,21,25)(H,22,23).